The zero-order valence-electron chi connectivity index (χ0n) is 12.9. The normalized spacial score (nSPS) is 20.5. The zero-order chi connectivity index (χ0) is 15.4. The van der Waals surface area contributed by atoms with E-state index in [2.05, 4.69) is 16.0 Å². The predicted molar refractivity (Wildman–Crippen MR) is 97.6 cm³/mol. The third-order valence-corrected chi connectivity index (χ3v) is 5.07. The molecule has 0 saturated carbocycles. The van der Waals surface area contributed by atoms with Crippen LogP contribution < -0.4 is 16.0 Å². The highest BCUT2D eigenvalue weighted by atomic mass is 35.5. The molecular formula is C16H22ClN3O2S. The number of hydrogen-bond acceptors (Lipinski definition) is 4. The number of carbonyl (C=O) groups is 2. The van der Waals surface area contributed by atoms with Gasteiger partial charge < -0.3 is 16.0 Å². The van der Waals surface area contributed by atoms with Gasteiger partial charge in [0.2, 0.25) is 11.8 Å². The highest BCUT2D eigenvalue weighted by Gasteiger charge is 2.17. The van der Waals surface area contributed by atoms with Gasteiger partial charge in [-0.3, -0.25) is 9.59 Å². The maximum atomic E-state index is 12.1. The lowest BCUT2D eigenvalue weighted by atomic mass is 10.1. The van der Waals surface area contributed by atoms with Crippen LogP contribution in [0.3, 0.4) is 0 Å². The number of anilines is 2. The Morgan fingerprint density at radius 1 is 1.35 bits per heavy atom. The summed E-state index contributed by atoms with van der Waals surface area (Å²) in [5.41, 5.74) is 2.77. The molecule has 2 aliphatic heterocycles. The third-order valence-electron chi connectivity index (χ3n) is 3.94. The van der Waals surface area contributed by atoms with Gasteiger partial charge in [0.25, 0.3) is 0 Å². The van der Waals surface area contributed by atoms with Crippen LogP contribution in [0.5, 0.6) is 0 Å². The summed E-state index contributed by atoms with van der Waals surface area (Å²) in [6.45, 7) is 0.973. The summed E-state index contributed by atoms with van der Waals surface area (Å²) >= 11 is 1.89. The SMILES string of the molecule is Cl.O=C(CC1CSCCN1)Nc1ccc2c(c1)CCCC(=O)N2. The molecule has 2 amide bonds. The van der Waals surface area contributed by atoms with E-state index in [1.807, 2.05) is 30.0 Å². The minimum absolute atomic E-state index is 0. The van der Waals surface area contributed by atoms with Gasteiger partial charge in [0.15, 0.2) is 0 Å². The van der Waals surface area contributed by atoms with E-state index >= 15 is 0 Å². The lowest BCUT2D eigenvalue weighted by Gasteiger charge is -2.22. The summed E-state index contributed by atoms with van der Waals surface area (Å²) in [6, 6.07) is 5.97. The van der Waals surface area contributed by atoms with Crippen LogP contribution in [0.2, 0.25) is 0 Å². The minimum atomic E-state index is 0. The Morgan fingerprint density at radius 3 is 3.00 bits per heavy atom. The van der Waals surface area contributed by atoms with Crippen molar-refractivity contribution in [2.75, 3.05) is 28.7 Å². The number of carbonyl (C=O) groups excluding carboxylic acids is 2. The topological polar surface area (TPSA) is 70.2 Å². The number of nitrogens with one attached hydrogen (secondary N) is 3. The van der Waals surface area contributed by atoms with Crippen LogP contribution in [-0.4, -0.2) is 35.9 Å². The van der Waals surface area contributed by atoms with Crippen molar-refractivity contribution in [3.8, 4) is 0 Å². The van der Waals surface area contributed by atoms with Crippen molar-refractivity contribution >= 4 is 47.4 Å². The van der Waals surface area contributed by atoms with Gasteiger partial charge in [-0.15, -0.1) is 12.4 Å². The molecule has 5 nitrogen and oxygen atoms in total. The second-order valence-electron chi connectivity index (χ2n) is 5.75. The summed E-state index contributed by atoms with van der Waals surface area (Å²) in [5.74, 6) is 2.21. The predicted octanol–water partition coefficient (Wildman–Crippen LogP) is 2.42. The molecule has 0 aromatic heterocycles. The molecule has 1 saturated heterocycles. The van der Waals surface area contributed by atoms with Crippen LogP contribution >= 0.6 is 24.2 Å². The summed E-state index contributed by atoms with van der Waals surface area (Å²) in [6.07, 6.45) is 2.76. The first kappa shape index (κ1) is 18.1. The van der Waals surface area contributed by atoms with E-state index in [-0.39, 0.29) is 30.3 Å². The number of hydrogen-bond donors (Lipinski definition) is 3. The van der Waals surface area contributed by atoms with Crippen LogP contribution in [0.1, 0.15) is 24.8 Å². The zero-order valence-corrected chi connectivity index (χ0v) is 14.5. The molecule has 23 heavy (non-hydrogen) atoms. The molecule has 7 heteroatoms. The Labute approximate surface area is 146 Å². The van der Waals surface area contributed by atoms with E-state index in [1.54, 1.807) is 0 Å². The summed E-state index contributed by atoms with van der Waals surface area (Å²) in [7, 11) is 0. The molecule has 1 aromatic carbocycles. The second kappa shape index (κ2) is 8.57. The van der Waals surface area contributed by atoms with Crippen molar-refractivity contribution in [3.05, 3.63) is 23.8 Å². The molecule has 3 rings (SSSR count). The monoisotopic (exact) mass is 355 g/mol. The molecule has 2 aliphatic rings. The molecule has 0 radical (unpaired) electrons. The van der Waals surface area contributed by atoms with Crippen LogP contribution in [0.15, 0.2) is 18.2 Å². The van der Waals surface area contributed by atoms with Gasteiger partial charge in [0.05, 0.1) is 0 Å². The average Bonchev–Trinajstić information content (AvgIpc) is 2.68. The minimum Gasteiger partial charge on any atom is -0.326 e. The fourth-order valence-corrected chi connectivity index (χ4v) is 3.79. The maximum absolute atomic E-state index is 12.1. The standard InChI is InChI=1S/C16H21N3O2S.ClH/c20-15-3-1-2-11-8-12(4-5-14(11)19-15)18-16(21)9-13-10-22-7-6-17-13;/h4-5,8,13,17H,1-3,6-7,9-10H2,(H,18,21)(H,19,20);1H. The largest absolute Gasteiger partial charge is 0.326 e. The van der Waals surface area contributed by atoms with Gasteiger partial charge in [-0.2, -0.15) is 11.8 Å². The molecule has 1 fully saturated rings. The van der Waals surface area contributed by atoms with Crippen molar-refractivity contribution in [1.82, 2.24) is 5.32 Å². The van der Waals surface area contributed by atoms with Crippen molar-refractivity contribution in [1.29, 1.82) is 0 Å². The van der Waals surface area contributed by atoms with Crippen LogP contribution in [0, 0.1) is 0 Å². The van der Waals surface area contributed by atoms with Crippen molar-refractivity contribution in [2.45, 2.75) is 31.7 Å². The molecule has 1 atom stereocenters. The Bertz CT molecular complexity index is 576. The number of amides is 2. The Balaban J connectivity index is 0.00000192. The van der Waals surface area contributed by atoms with Gasteiger partial charge in [-0.05, 0) is 36.6 Å². The first-order valence-electron chi connectivity index (χ1n) is 7.74. The van der Waals surface area contributed by atoms with E-state index in [0.717, 1.165) is 47.8 Å². The summed E-state index contributed by atoms with van der Waals surface area (Å²) in [5, 5.41) is 9.24. The van der Waals surface area contributed by atoms with Gasteiger partial charge in [0, 0.05) is 48.3 Å². The number of rotatable bonds is 3. The van der Waals surface area contributed by atoms with Crippen LogP contribution in [0.4, 0.5) is 11.4 Å². The van der Waals surface area contributed by atoms with E-state index < -0.39 is 0 Å². The van der Waals surface area contributed by atoms with Crippen molar-refractivity contribution in [2.24, 2.45) is 0 Å². The molecule has 3 N–H and O–H groups in total. The molecule has 126 valence electrons. The highest BCUT2D eigenvalue weighted by molar-refractivity contribution is 7.99. The first-order chi connectivity index (χ1) is 10.7. The third kappa shape index (κ3) is 5.12. The number of benzene rings is 1. The van der Waals surface area contributed by atoms with E-state index in [9.17, 15) is 9.59 Å². The van der Waals surface area contributed by atoms with E-state index in [4.69, 9.17) is 0 Å². The fraction of sp³-hybridized carbons (Fsp3) is 0.500. The van der Waals surface area contributed by atoms with Crippen LogP contribution in [-0.2, 0) is 16.0 Å². The smallest absolute Gasteiger partial charge is 0.225 e. The van der Waals surface area contributed by atoms with Gasteiger partial charge in [-0.1, -0.05) is 0 Å². The summed E-state index contributed by atoms with van der Waals surface area (Å²) < 4.78 is 0. The number of aryl methyl sites for hydroxylation is 1. The Kier molecular flexibility index (Phi) is 6.74. The lowest BCUT2D eigenvalue weighted by molar-refractivity contribution is -0.117. The molecule has 1 aromatic rings. The van der Waals surface area contributed by atoms with E-state index in [1.165, 1.54) is 0 Å². The fourth-order valence-electron chi connectivity index (χ4n) is 2.84. The first-order valence-corrected chi connectivity index (χ1v) is 8.90. The molecular weight excluding hydrogens is 334 g/mol. The molecule has 0 bridgehead atoms. The molecule has 0 aliphatic carbocycles. The number of thioether (sulfide) groups is 1. The van der Waals surface area contributed by atoms with Crippen molar-refractivity contribution in [3.63, 3.8) is 0 Å². The molecule has 1 unspecified atom stereocenters. The summed E-state index contributed by atoms with van der Waals surface area (Å²) in [4.78, 5) is 23.7. The van der Waals surface area contributed by atoms with E-state index in [0.29, 0.717) is 12.8 Å². The highest BCUT2D eigenvalue weighted by Crippen LogP contribution is 2.25. The van der Waals surface area contributed by atoms with Gasteiger partial charge in [-0.25, -0.2) is 0 Å². The lowest BCUT2D eigenvalue weighted by Crippen LogP contribution is -2.39. The van der Waals surface area contributed by atoms with Crippen molar-refractivity contribution < 1.29 is 9.59 Å². The van der Waals surface area contributed by atoms with Crippen LogP contribution in [0.25, 0.3) is 0 Å². The number of halogens is 1. The van der Waals surface area contributed by atoms with Gasteiger partial charge in [0.1, 0.15) is 0 Å². The average molecular weight is 356 g/mol. The molecule has 0 spiro atoms. The Hall–Kier alpha value is -1.24. The number of fused-ring (bicyclic) bond motifs is 1. The second-order valence-corrected chi connectivity index (χ2v) is 6.90. The quantitative estimate of drug-likeness (QED) is 0.778. The van der Waals surface area contributed by atoms with Gasteiger partial charge >= 0.3 is 0 Å². The Morgan fingerprint density at radius 2 is 2.22 bits per heavy atom. The molecule has 2 heterocycles. The maximum Gasteiger partial charge on any atom is 0.225 e.